The van der Waals surface area contributed by atoms with Gasteiger partial charge >= 0.3 is 0 Å². The summed E-state index contributed by atoms with van der Waals surface area (Å²) in [7, 11) is 0. The second kappa shape index (κ2) is 4.73. The van der Waals surface area contributed by atoms with E-state index in [9.17, 15) is 4.79 Å². The zero-order chi connectivity index (χ0) is 12.5. The van der Waals surface area contributed by atoms with Gasteiger partial charge in [0.25, 0.3) is 0 Å². The number of amides is 1. The highest BCUT2D eigenvalue weighted by Crippen LogP contribution is 2.48. The summed E-state index contributed by atoms with van der Waals surface area (Å²) < 4.78 is 0. The van der Waals surface area contributed by atoms with E-state index in [1.807, 2.05) is 23.1 Å². The van der Waals surface area contributed by atoms with E-state index in [0.29, 0.717) is 11.8 Å². The summed E-state index contributed by atoms with van der Waals surface area (Å²) in [6.45, 7) is 1.64. The monoisotopic (exact) mass is 244 g/mol. The van der Waals surface area contributed by atoms with Crippen molar-refractivity contribution in [3.05, 3.63) is 35.9 Å². The number of carbonyl (C=O) groups excluding carboxylic acids is 1. The molecule has 3 heteroatoms. The number of nitrogens with two attached hydrogens (primary N) is 1. The molecule has 18 heavy (non-hydrogen) atoms. The molecule has 0 aromatic heterocycles. The molecule has 3 atom stereocenters. The molecule has 1 aromatic carbocycles. The topological polar surface area (TPSA) is 46.3 Å². The van der Waals surface area contributed by atoms with Crippen LogP contribution in [0, 0.1) is 5.92 Å². The molecule has 1 aliphatic carbocycles. The van der Waals surface area contributed by atoms with Crippen molar-refractivity contribution in [2.75, 3.05) is 13.1 Å². The molecule has 96 valence electrons. The van der Waals surface area contributed by atoms with Crippen LogP contribution in [0.1, 0.15) is 30.7 Å². The molecule has 1 aliphatic heterocycles. The van der Waals surface area contributed by atoms with Crippen LogP contribution in [0.5, 0.6) is 0 Å². The van der Waals surface area contributed by atoms with Crippen molar-refractivity contribution in [1.29, 1.82) is 0 Å². The third kappa shape index (κ3) is 2.27. The van der Waals surface area contributed by atoms with E-state index in [4.69, 9.17) is 5.73 Å². The van der Waals surface area contributed by atoms with Crippen LogP contribution in [0.25, 0.3) is 0 Å². The SMILES string of the molecule is N[C@@H]1CCCN(C(=O)C2CC2c2ccccc2)C1. The van der Waals surface area contributed by atoms with Gasteiger partial charge in [0.15, 0.2) is 0 Å². The van der Waals surface area contributed by atoms with Crippen LogP contribution in [0.2, 0.25) is 0 Å². The molecule has 1 amide bonds. The first-order valence-corrected chi connectivity index (χ1v) is 6.85. The van der Waals surface area contributed by atoms with E-state index in [1.54, 1.807) is 0 Å². The van der Waals surface area contributed by atoms with E-state index in [0.717, 1.165) is 32.4 Å². The Morgan fingerprint density at radius 1 is 1.28 bits per heavy atom. The van der Waals surface area contributed by atoms with Crippen LogP contribution < -0.4 is 5.73 Å². The highest BCUT2D eigenvalue weighted by molar-refractivity contribution is 5.83. The second-order valence-electron chi connectivity index (χ2n) is 5.55. The largest absolute Gasteiger partial charge is 0.341 e. The van der Waals surface area contributed by atoms with Gasteiger partial charge in [-0.1, -0.05) is 30.3 Å². The van der Waals surface area contributed by atoms with Crippen molar-refractivity contribution in [2.45, 2.75) is 31.2 Å². The highest BCUT2D eigenvalue weighted by atomic mass is 16.2. The van der Waals surface area contributed by atoms with E-state index in [-0.39, 0.29) is 12.0 Å². The average molecular weight is 244 g/mol. The molecule has 3 nitrogen and oxygen atoms in total. The minimum Gasteiger partial charge on any atom is -0.341 e. The molecule has 2 N–H and O–H groups in total. The molecule has 0 spiro atoms. The summed E-state index contributed by atoms with van der Waals surface area (Å²) in [4.78, 5) is 14.3. The molecular weight excluding hydrogens is 224 g/mol. The second-order valence-corrected chi connectivity index (χ2v) is 5.55. The lowest BCUT2D eigenvalue weighted by molar-refractivity contribution is -0.133. The fourth-order valence-electron chi connectivity index (χ4n) is 2.98. The molecule has 0 radical (unpaired) electrons. The smallest absolute Gasteiger partial charge is 0.226 e. The van der Waals surface area contributed by atoms with E-state index < -0.39 is 0 Å². The van der Waals surface area contributed by atoms with Gasteiger partial charge in [-0.2, -0.15) is 0 Å². The quantitative estimate of drug-likeness (QED) is 0.861. The molecular formula is C15H20N2O. The average Bonchev–Trinajstić information content (AvgIpc) is 3.19. The van der Waals surface area contributed by atoms with Crippen LogP contribution in [0.3, 0.4) is 0 Å². The minimum atomic E-state index is 0.177. The van der Waals surface area contributed by atoms with E-state index in [2.05, 4.69) is 12.1 Å². The summed E-state index contributed by atoms with van der Waals surface area (Å²) >= 11 is 0. The first-order valence-electron chi connectivity index (χ1n) is 6.85. The summed E-state index contributed by atoms with van der Waals surface area (Å²) in [5.74, 6) is 0.966. The first kappa shape index (κ1) is 11.7. The zero-order valence-corrected chi connectivity index (χ0v) is 10.6. The lowest BCUT2D eigenvalue weighted by Gasteiger charge is -2.31. The Labute approximate surface area is 108 Å². The predicted molar refractivity (Wildman–Crippen MR) is 71.1 cm³/mol. The third-order valence-corrected chi connectivity index (χ3v) is 4.10. The van der Waals surface area contributed by atoms with Gasteiger partial charge in [-0.15, -0.1) is 0 Å². The predicted octanol–water partition coefficient (Wildman–Crippen LogP) is 1.74. The van der Waals surface area contributed by atoms with Crippen molar-refractivity contribution in [3.63, 3.8) is 0 Å². The van der Waals surface area contributed by atoms with Gasteiger partial charge in [0.1, 0.15) is 0 Å². The third-order valence-electron chi connectivity index (χ3n) is 4.10. The summed E-state index contributed by atoms with van der Waals surface area (Å²) in [6, 6.07) is 10.5. The minimum absolute atomic E-state index is 0.177. The van der Waals surface area contributed by atoms with Crippen LogP contribution in [-0.2, 0) is 4.79 Å². The van der Waals surface area contributed by atoms with Gasteiger partial charge in [-0.05, 0) is 30.7 Å². The summed E-state index contributed by atoms with van der Waals surface area (Å²) in [5.41, 5.74) is 7.24. The molecule has 3 rings (SSSR count). The molecule has 1 saturated carbocycles. The highest BCUT2D eigenvalue weighted by Gasteiger charge is 2.45. The van der Waals surface area contributed by atoms with Gasteiger partial charge in [-0.3, -0.25) is 4.79 Å². The van der Waals surface area contributed by atoms with Crippen LogP contribution in [0.15, 0.2) is 30.3 Å². The van der Waals surface area contributed by atoms with Crippen molar-refractivity contribution in [3.8, 4) is 0 Å². The van der Waals surface area contributed by atoms with Gasteiger partial charge in [0, 0.05) is 25.0 Å². The molecule has 1 heterocycles. The summed E-state index contributed by atoms with van der Waals surface area (Å²) in [6.07, 6.45) is 3.11. The fraction of sp³-hybridized carbons (Fsp3) is 0.533. The van der Waals surface area contributed by atoms with Crippen LogP contribution in [-0.4, -0.2) is 29.9 Å². The molecule has 1 aromatic rings. The maximum Gasteiger partial charge on any atom is 0.226 e. The number of nitrogens with zero attached hydrogens (tertiary/aromatic N) is 1. The number of benzene rings is 1. The molecule has 2 unspecified atom stereocenters. The van der Waals surface area contributed by atoms with Gasteiger partial charge in [0.05, 0.1) is 0 Å². The zero-order valence-electron chi connectivity index (χ0n) is 10.6. The Morgan fingerprint density at radius 3 is 2.78 bits per heavy atom. The van der Waals surface area contributed by atoms with Crippen molar-refractivity contribution in [1.82, 2.24) is 4.90 Å². The summed E-state index contributed by atoms with van der Waals surface area (Å²) in [5, 5.41) is 0. The Kier molecular flexibility index (Phi) is 3.08. The number of carbonyl (C=O) groups is 1. The molecule has 1 saturated heterocycles. The normalized spacial score (nSPS) is 31.2. The van der Waals surface area contributed by atoms with Crippen molar-refractivity contribution >= 4 is 5.91 Å². The Morgan fingerprint density at radius 2 is 2.06 bits per heavy atom. The Bertz CT molecular complexity index is 431. The van der Waals surface area contributed by atoms with Crippen molar-refractivity contribution in [2.24, 2.45) is 11.7 Å². The fourth-order valence-corrected chi connectivity index (χ4v) is 2.98. The first-order chi connectivity index (χ1) is 8.75. The van der Waals surface area contributed by atoms with E-state index >= 15 is 0 Å². The molecule has 2 aliphatic rings. The number of likely N-dealkylation sites (tertiary alicyclic amines) is 1. The Hall–Kier alpha value is -1.35. The van der Waals surface area contributed by atoms with Gasteiger partial charge < -0.3 is 10.6 Å². The lowest BCUT2D eigenvalue weighted by Crippen LogP contribution is -2.46. The number of hydrogen-bond donors (Lipinski definition) is 1. The van der Waals surface area contributed by atoms with E-state index in [1.165, 1.54) is 5.56 Å². The molecule has 2 fully saturated rings. The number of rotatable bonds is 2. The van der Waals surface area contributed by atoms with Crippen molar-refractivity contribution < 1.29 is 4.79 Å². The molecule has 0 bridgehead atoms. The number of hydrogen-bond acceptors (Lipinski definition) is 2. The lowest BCUT2D eigenvalue weighted by atomic mass is 10.0. The van der Waals surface area contributed by atoms with Gasteiger partial charge in [-0.25, -0.2) is 0 Å². The van der Waals surface area contributed by atoms with Crippen LogP contribution in [0.4, 0.5) is 0 Å². The maximum absolute atomic E-state index is 12.4. The standard InChI is InChI=1S/C15H20N2O/c16-12-7-4-8-17(10-12)15(18)14-9-13(14)11-5-2-1-3-6-11/h1-3,5-6,12-14H,4,7-10,16H2/t12-,13?,14?/m1/s1. The Balaban J connectivity index is 1.62. The van der Waals surface area contributed by atoms with Crippen LogP contribution >= 0.6 is 0 Å². The van der Waals surface area contributed by atoms with Gasteiger partial charge in [0.2, 0.25) is 5.91 Å². The maximum atomic E-state index is 12.4. The number of piperidine rings is 1.